The first-order valence-corrected chi connectivity index (χ1v) is 8.47. The van der Waals surface area contributed by atoms with Crippen LogP contribution >= 0.6 is 22.9 Å². The lowest BCUT2D eigenvalue weighted by Crippen LogP contribution is -1.87. The minimum Gasteiger partial charge on any atom is -0.241 e. The van der Waals surface area contributed by atoms with Gasteiger partial charge in [-0.2, -0.15) is 0 Å². The van der Waals surface area contributed by atoms with Gasteiger partial charge in [0.15, 0.2) is 0 Å². The summed E-state index contributed by atoms with van der Waals surface area (Å²) in [6.45, 7) is 6.20. The lowest BCUT2D eigenvalue weighted by Gasteiger charge is -2.05. The summed E-state index contributed by atoms with van der Waals surface area (Å²) in [4.78, 5) is 10.2. The zero-order valence-corrected chi connectivity index (χ0v) is 14.4. The normalized spacial score (nSPS) is 10.9. The number of hydrogen-bond acceptors (Lipinski definition) is 3. The Bertz CT molecular complexity index is 803. The van der Waals surface area contributed by atoms with E-state index in [0.717, 1.165) is 38.8 Å². The van der Waals surface area contributed by atoms with Crippen molar-refractivity contribution in [3.05, 3.63) is 57.8 Å². The van der Waals surface area contributed by atoms with Crippen LogP contribution in [0.3, 0.4) is 0 Å². The van der Waals surface area contributed by atoms with Gasteiger partial charge in [0.2, 0.25) is 0 Å². The summed E-state index contributed by atoms with van der Waals surface area (Å²) in [6, 6.07) is 12.4. The fourth-order valence-corrected chi connectivity index (χ4v) is 3.72. The topological polar surface area (TPSA) is 25.8 Å². The average molecular weight is 329 g/mol. The maximum absolute atomic E-state index is 6.14. The van der Waals surface area contributed by atoms with Gasteiger partial charge in [-0.25, -0.2) is 9.97 Å². The van der Waals surface area contributed by atoms with Crippen LogP contribution in [-0.4, -0.2) is 9.97 Å². The van der Waals surface area contributed by atoms with Crippen LogP contribution in [0.5, 0.6) is 0 Å². The average Bonchev–Trinajstić information content (AvgIpc) is 2.90. The first-order valence-electron chi connectivity index (χ1n) is 7.28. The molecule has 0 atom stereocenters. The standard InChI is InChI=1S/C18H17ClN2S/c1-4-16-21-17(13-7-5-6-11(2)8-13)18(22-16)14-9-12(3)20-15(19)10-14/h5-10H,4H2,1-3H3. The molecule has 0 aliphatic heterocycles. The zero-order valence-electron chi connectivity index (χ0n) is 12.9. The lowest BCUT2D eigenvalue weighted by molar-refractivity contribution is 1.10. The van der Waals surface area contributed by atoms with E-state index in [1.807, 2.05) is 13.0 Å². The van der Waals surface area contributed by atoms with Crippen LogP contribution in [0, 0.1) is 13.8 Å². The molecule has 2 heterocycles. The third-order valence-electron chi connectivity index (χ3n) is 3.45. The Hall–Kier alpha value is -1.71. The second-order valence-electron chi connectivity index (χ2n) is 5.33. The molecular weight excluding hydrogens is 312 g/mol. The number of aryl methyl sites for hydroxylation is 3. The molecule has 1 aromatic carbocycles. The summed E-state index contributed by atoms with van der Waals surface area (Å²) in [7, 11) is 0. The van der Waals surface area contributed by atoms with E-state index in [9.17, 15) is 0 Å². The molecule has 22 heavy (non-hydrogen) atoms. The largest absolute Gasteiger partial charge is 0.241 e. The van der Waals surface area contributed by atoms with Gasteiger partial charge in [0.1, 0.15) is 5.15 Å². The monoisotopic (exact) mass is 328 g/mol. The molecule has 112 valence electrons. The van der Waals surface area contributed by atoms with Crippen LogP contribution in [0.25, 0.3) is 21.7 Å². The van der Waals surface area contributed by atoms with Crippen LogP contribution in [-0.2, 0) is 6.42 Å². The van der Waals surface area contributed by atoms with Crippen LogP contribution in [0.1, 0.15) is 23.2 Å². The van der Waals surface area contributed by atoms with E-state index in [1.165, 1.54) is 5.56 Å². The molecule has 3 aromatic rings. The maximum Gasteiger partial charge on any atom is 0.129 e. The number of thiazole rings is 1. The predicted octanol–water partition coefficient (Wildman–Crippen LogP) is 5.70. The summed E-state index contributed by atoms with van der Waals surface area (Å²) in [6.07, 6.45) is 0.932. The Morgan fingerprint density at radius 3 is 2.55 bits per heavy atom. The second kappa shape index (κ2) is 6.19. The Morgan fingerprint density at radius 1 is 1.05 bits per heavy atom. The summed E-state index contributed by atoms with van der Waals surface area (Å²) in [5, 5.41) is 1.66. The number of aromatic nitrogens is 2. The minimum atomic E-state index is 0.525. The fourth-order valence-electron chi connectivity index (χ4n) is 2.46. The molecule has 0 N–H and O–H groups in total. The van der Waals surface area contributed by atoms with Crippen molar-refractivity contribution >= 4 is 22.9 Å². The number of rotatable bonds is 3. The highest BCUT2D eigenvalue weighted by Gasteiger charge is 2.15. The van der Waals surface area contributed by atoms with Crippen LogP contribution in [0.15, 0.2) is 36.4 Å². The van der Waals surface area contributed by atoms with Gasteiger partial charge in [-0.3, -0.25) is 0 Å². The zero-order chi connectivity index (χ0) is 15.7. The van der Waals surface area contributed by atoms with Crippen molar-refractivity contribution in [2.24, 2.45) is 0 Å². The SMILES string of the molecule is CCc1nc(-c2cccc(C)c2)c(-c2cc(C)nc(Cl)c2)s1. The van der Waals surface area contributed by atoms with E-state index < -0.39 is 0 Å². The van der Waals surface area contributed by atoms with Gasteiger partial charge in [0.05, 0.1) is 15.6 Å². The number of pyridine rings is 1. The summed E-state index contributed by atoms with van der Waals surface area (Å²) >= 11 is 7.87. The van der Waals surface area contributed by atoms with Gasteiger partial charge in [-0.05, 0) is 44.0 Å². The Kier molecular flexibility index (Phi) is 4.27. The first-order chi connectivity index (χ1) is 10.6. The van der Waals surface area contributed by atoms with Crippen LogP contribution in [0.2, 0.25) is 5.15 Å². The molecule has 0 saturated carbocycles. The number of hydrogen-bond donors (Lipinski definition) is 0. The van der Waals surface area contributed by atoms with E-state index >= 15 is 0 Å². The molecule has 0 saturated heterocycles. The van der Waals surface area contributed by atoms with Gasteiger partial charge in [-0.1, -0.05) is 42.3 Å². The van der Waals surface area contributed by atoms with E-state index in [0.29, 0.717) is 5.15 Å². The van der Waals surface area contributed by atoms with Crippen molar-refractivity contribution in [3.8, 4) is 21.7 Å². The number of nitrogens with zero attached hydrogens (tertiary/aromatic N) is 2. The Morgan fingerprint density at radius 2 is 1.86 bits per heavy atom. The Labute approximate surface area is 139 Å². The van der Waals surface area contributed by atoms with E-state index in [4.69, 9.17) is 16.6 Å². The predicted molar refractivity (Wildman–Crippen MR) is 94.6 cm³/mol. The second-order valence-corrected chi connectivity index (χ2v) is 6.80. The van der Waals surface area contributed by atoms with Gasteiger partial charge in [0.25, 0.3) is 0 Å². The van der Waals surface area contributed by atoms with Gasteiger partial charge < -0.3 is 0 Å². The molecule has 0 bridgehead atoms. The molecular formula is C18H17ClN2S. The van der Waals surface area contributed by atoms with Crippen molar-refractivity contribution in [1.82, 2.24) is 9.97 Å². The molecule has 0 aliphatic carbocycles. The molecule has 0 unspecified atom stereocenters. The summed E-state index contributed by atoms with van der Waals surface area (Å²) < 4.78 is 0. The van der Waals surface area contributed by atoms with E-state index in [1.54, 1.807) is 11.3 Å². The first kappa shape index (κ1) is 15.2. The highest BCUT2D eigenvalue weighted by atomic mass is 35.5. The highest BCUT2D eigenvalue weighted by molar-refractivity contribution is 7.15. The molecule has 0 radical (unpaired) electrons. The van der Waals surface area contributed by atoms with Crippen molar-refractivity contribution in [2.45, 2.75) is 27.2 Å². The van der Waals surface area contributed by atoms with Crippen LogP contribution in [0.4, 0.5) is 0 Å². The summed E-state index contributed by atoms with van der Waals surface area (Å²) in [5.74, 6) is 0. The van der Waals surface area contributed by atoms with Crippen molar-refractivity contribution < 1.29 is 0 Å². The Balaban J connectivity index is 2.21. The number of halogens is 1. The maximum atomic E-state index is 6.14. The summed E-state index contributed by atoms with van der Waals surface area (Å²) in [5.41, 5.74) is 5.43. The van der Waals surface area contributed by atoms with E-state index in [-0.39, 0.29) is 0 Å². The molecule has 2 aromatic heterocycles. The molecule has 0 aliphatic rings. The third-order valence-corrected chi connectivity index (χ3v) is 4.89. The van der Waals surface area contributed by atoms with Crippen molar-refractivity contribution in [2.75, 3.05) is 0 Å². The molecule has 2 nitrogen and oxygen atoms in total. The molecule has 4 heteroatoms. The minimum absolute atomic E-state index is 0.525. The number of benzene rings is 1. The highest BCUT2D eigenvalue weighted by Crippen LogP contribution is 2.38. The molecule has 0 amide bonds. The van der Waals surface area contributed by atoms with Crippen LogP contribution < -0.4 is 0 Å². The molecule has 0 fully saturated rings. The quantitative estimate of drug-likeness (QED) is 0.576. The lowest BCUT2D eigenvalue weighted by atomic mass is 10.1. The van der Waals surface area contributed by atoms with Crippen molar-refractivity contribution in [3.63, 3.8) is 0 Å². The van der Waals surface area contributed by atoms with Gasteiger partial charge >= 0.3 is 0 Å². The van der Waals surface area contributed by atoms with Gasteiger partial charge in [-0.15, -0.1) is 11.3 Å². The van der Waals surface area contributed by atoms with E-state index in [2.05, 4.69) is 49.2 Å². The third kappa shape index (κ3) is 3.06. The molecule has 3 rings (SSSR count). The van der Waals surface area contributed by atoms with Gasteiger partial charge in [0, 0.05) is 11.3 Å². The fraction of sp³-hybridized carbons (Fsp3) is 0.222. The molecule has 0 spiro atoms. The smallest absolute Gasteiger partial charge is 0.129 e. The van der Waals surface area contributed by atoms with Crippen molar-refractivity contribution in [1.29, 1.82) is 0 Å².